The second-order valence-electron chi connectivity index (χ2n) is 4.82. The summed E-state index contributed by atoms with van der Waals surface area (Å²) in [4.78, 5) is 22.0. The van der Waals surface area contributed by atoms with Crippen LogP contribution < -0.4 is 10.2 Å². The van der Waals surface area contributed by atoms with Gasteiger partial charge in [-0.3, -0.25) is 4.79 Å². The van der Waals surface area contributed by atoms with Gasteiger partial charge in [0.1, 0.15) is 6.33 Å². The van der Waals surface area contributed by atoms with Gasteiger partial charge in [0.25, 0.3) is 5.91 Å². The van der Waals surface area contributed by atoms with Gasteiger partial charge in [-0.05, 0) is 37.1 Å². The lowest BCUT2D eigenvalue weighted by Gasteiger charge is -2.17. The topological polar surface area (TPSA) is 58.1 Å². The van der Waals surface area contributed by atoms with Gasteiger partial charge in [-0.2, -0.15) is 0 Å². The summed E-state index contributed by atoms with van der Waals surface area (Å²) in [5.74, 6) is -0.195. The Kier molecular flexibility index (Phi) is 3.58. The minimum Gasteiger partial charge on any atom is -0.372 e. The Morgan fingerprint density at radius 2 is 1.70 bits per heavy atom. The van der Waals surface area contributed by atoms with E-state index in [1.54, 1.807) is 0 Å². The molecule has 1 aliphatic heterocycles. The molecule has 1 aliphatic rings. The molecule has 1 saturated heterocycles. The molecule has 2 aromatic rings. The van der Waals surface area contributed by atoms with E-state index in [1.165, 1.54) is 37.3 Å². The maximum Gasteiger partial charge on any atom is 0.258 e. The highest BCUT2D eigenvalue weighted by molar-refractivity contribution is 6.03. The van der Waals surface area contributed by atoms with E-state index < -0.39 is 0 Å². The van der Waals surface area contributed by atoms with Crippen molar-refractivity contribution in [2.45, 2.75) is 12.8 Å². The van der Waals surface area contributed by atoms with Crippen molar-refractivity contribution in [2.75, 3.05) is 23.3 Å². The highest BCUT2D eigenvalue weighted by Gasteiger charge is 2.12. The van der Waals surface area contributed by atoms with E-state index in [0.717, 1.165) is 18.8 Å². The number of rotatable bonds is 3. The molecule has 0 bridgehead atoms. The summed E-state index contributed by atoms with van der Waals surface area (Å²) in [5, 5.41) is 2.84. The van der Waals surface area contributed by atoms with Crippen LogP contribution in [0.1, 0.15) is 23.2 Å². The van der Waals surface area contributed by atoms with E-state index in [-0.39, 0.29) is 5.91 Å². The molecular formula is C15H16N4O. The molecule has 1 aromatic carbocycles. The van der Waals surface area contributed by atoms with Crippen molar-refractivity contribution in [1.82, 2.24) is 9.97 Å². The van der Waals surface area contributed by atoms with Gasteiger partial charge in [-0.1, -0.05) is 0 Å². The molecule has 3 rings (SSSR count). The lowest BCUT2D eigenvalue weighted by Crippen LogP contribution is -2.17. The highest BCUT2D eigenvalue weighted by Crippen LogP contribution is 2.22. The normalized spacial score (nSPS) is 14.3. The van der Waals surface area contributed by atoms with Crippen molar-refractivity contribution in [3.8, 4) is 0 Å². The first kappa shape index (κ1) is 12.6. The number of nitrogens with one attached hydrogen (secondary N) is 1. The molecule has 1 amide bonds. The molecule has 1 fully saturated rings. The van der Waals surface area contributed by atoms with Gasteiger partial charge in [0.05, 0.1) is 5.56 Å². The average molecular weight is 268 g/mol. The summed E-state index contributed by atoms with van der Waals surface area (Å²) in [5.41, 5.74) is 2.45. The number of amides is 1. The minimum absolute atomic E-state index is 0.195. The number of hydrogen-bond donors (Lipinski definition) is 1. The van der Waals surface area contributed by atoms with Gasteiger partial charge in [-0.25, -0.2) is 9.97 Å². The van der Waals surface area contributed by atoms with Crippen molar-refractivity contribution in [1.29, 1.82) is 0 Å². The molecule has 20 heavy (non-hydrogen) atoms. The fraction of sp³-hybridized carbons (Fsp3) is 0.267. The van der Waals surface area contributed by atoms with Crippen LogP contribution in [0.2, 0.25) is 0 Å². The van der Waals surface area contributed by atoms with Gasteiger partial charge in [-0.15, -0.1) is 0 Å². The quantitative estimate of drug-likeness (QED) is 0.928. The standard InChI is InChI=1S/C15H16N4O/c20-15(12-9-16-11-17-10-12)18-13-3-5-14(6-4-13)19-7-1-2-8-19/h3-6,9-11H,1-2,7-8H2,(H,18,20). The predicted octanol–water partition coefficient (Wildman–Crippen LogP) is 2.33. The van der Waals surface area contributed by atoms with Crippen LogP contribution in [0.25, 0.3) is 0 Å². The first-order valence-electron chi connectivity index (χ1n) is 6.74. The van der Waals surface area contributed by atoms with Crippen molar-refractivity contribution in [3.05, 3.63) is 48.5 Å². The van der Waals surface area contributed by atoms with Gasteiger partial charge in [0.15, 0.2) is 0 Å². The number of nitrogens with zero attached hydrogens (tertiary/aromatic N) is 3. The largest absolute Gasteiger partial charge is 0.372 e. The van der Waals surface area contributed by atoms with E-state index in [9.17, 15) is 4.79 Å². The number of aromatic nitrogens is 2. The summed E-state index contributed by atoms with van der Waals surface area (Å²) in [7, 11) is 0. The molecule has 0 unspecified atom stereocenters. The van der Waals surface area contributed by atoms with Crippen LogP contribution in [0.15, 0.2) is 43.0 Å². The van der Waals surface area contributed by atoms with E-state index in [4.69, 9.17) is 0 Å². The first-order valence-corrected chi connectivity index (χ1v) is 6.74. The first-order chi connectivity index (χ1) is 9.83. The Labute approximate surface area is 117 Å². The Morgan fingerprint density at radius 1 is 1.05 bits per heavy atom. The summed E-state index contributed by atoms with van der Waals surface area (Å²) in [6.07, 6.45) is 6.92. The molecule has 102 valence electrons. The smallest absolute Gasteiger partial charge is 0.258 e. The van der Waals surface area contributed by atoms with Crippen LogP contribution in [-0.2, 0) is 0 Å². The van der Waals surface area contributed by atoms with Crippen LogP contribution in [0, 0.1) is 0 Å². The van der Waals surface area contributed by atoms with Crippen LogP contribution in [-0.4, -0.2) is 29.0 Å². The molecule has 0 aliphatic carbocycles. The maximum atomic E-state index is 12.0. The fourth-order valence-electron chi connectivity index (χ4n) is 2.35. The molecular weight excluding hydrogens is 252 g/mol. The Hall–Kier alpha value is -2.43. The third kappa shape index (κ3) is 2.77. The Bertz CT molecular complexity index is 577. The molecule has 0 atom stereocenters. The molecule has 5 heteroatoms. The van der Waals surface area contributed by atoms with Gasteiger partial charge in [0, 0.05) is 36.9 Å². The zero-order chi connectivity index (χ0) is 13.8. The minimum atomic E-state index is -0.195. The lowest BCUT2D eigenvalue weighted by molar-refractivity contribution is 0.102. The van der Waals surface area contributed by atoms with Crippen molar-refractivity contribution >= 4 is 17.3 Å². The molecule has 5 nitrogen and oxygen atoms in total. The lowest BCUT2D eigenvalue weighted by atomic mass is 10.2. The number of benzene rings is 1. The molecule has 0 radical (unpaired) electrons. The summed E-state index contributed by atoms with van der Waals surface area (Å²) < 4.78 is 0. The SMILES string of the molecule is O=C(Nc1ccc(N2CCCC2)cc1)c1cncnc1. The second kappa shape index (κ2) is 5.69. The van der Waals surface area contributed by atoms with Crippen molar-refractivity contribution < 1.29 is 4.79 Å². The zero-order valence-corrected chi connectivity index (χ0v) is 11.1. The van der Waals surface area contributed by atoms with Crippen LogP contribution >= 0.6 is 0 Å². The Morgan fingerprint density at radius 3 is 2.35 bits per heavy atom. The molecule has 1 aromatic heterocycles. The number of anilines is 2. The second-order valence-corrected chi connectivity index (χ2v) is 4.82. The fourth-order valence-corrected chi connectivity index (χ4v) is 2.35. The number of carbonyl (C=O) groups excluding carboxylic acids is 1. The summed E-state index contributed by atoms with van der Waals surface area (Å²) >= 11 is 0. The summed E-state index contributed by atoms with van der Waals surface area (Å²) in [6.45, 7) is 2.24. The number of carbonyl (C=O) groups is 1. The van der Waals surface area contributed by atoms with E-state index in [1.807, 2.05) is 24.3 Å². The third-order valence-electron chi connectivity index (χ3n) is 3.42. The van der Waals surface area contributed by atoms with Gasteiger partial charge < -0.3 is 10.2 Å². The summed E-state index contributed by atoms with van der Waals surface area (Å²) in [6, 6.07) is 7.94. The van der Waals surface area contributed by atoms with E-state index in [2.05, 4.69) is 20.2 Å². The Balaban J connectivity index is 1.67. The van der Waals surface area contributed by atoms with Gasteiger partial charge >= 0.3 is 0 Å². The molecule has 0 saturated carbocycles. The van der Waals surface area contributed by atoms with E-state index in [0.29, 0.717) is 5.56 Å². The van der Waals surface area contributed by atoms with Crippen LogP contribution in [0.5, 0.6) is 0 Å². The maximum absolute atomic E-state index is 12.0. The average Bonchev–Trinajstić information content (AvgIpc) is 3.03. The third-order valence-corrected chi connectivity index (χ3v) is 3.42. The van der Waals surface area contributed by atoms with Crippen molar-refractivity contribution in [3.63, 3.8) is 0 Å². The van der Waals surface area contributed by atoms with Crippen LogP contribution in [0.4, 0.5) is 11.4 Å². The van der Waals surface area contributed by atoms with Crippen molar-refractivity contribution in [2.24, 2.45) is 0 Å². The molecule has 0 spiro atoms. The molecule has 2 heterocycles. The number of hydrogen-bond acceptors (Lipinski definition) is 4. The van der Waals surface area contributed by atoms with Crippen LogP contribution in [0.3, 0.4) is 0 Å². The molecule has 1 N–H and O–H groups in total. The van der Waals surface area contributed by atoms with E-state index >= 15 is 0 Å². The monoisotopic (exact) mass is 268 g/mol. The predicted molar refractivity (Wildman–Crippen MR) is 77.9 cm³/mol. The zero-order valence-electron chi connectivity index (χ0n) is 11.1. The van der Waals surface area contributed by atoms with Gasteiger partial charge in [0.2, 0.25) is 0 Å². The highest BCUT2D eigenvalue weighted by atomic mass is 16.1.